The number of benzene rings is 2. The molecular weight excluding hydrogens is 346 g/mol. The predicted molar refractivity (Wildman–Crippen MR) is 104 cm³/mol. The number of nitrogens with one attached hydrogen (secondary N) is 1. The fourth-order valence-electron chi connectivity index (χ4n) is 3.19. The Balaban J connectivity index is 1.88. The van der Waals surface area contributed by atoms with Crippen LogP contribution in [0, 0.1) is 6.92 Å². The van der Waals surface area contributed by atoms with Crippen LogP contribution in [-0.2, 0) is 0 Å². The zero-order valence-electron chi connectivity index (χ0n) is 13.9. The lowest BCUT2D eigenvalue weighted by Gasteiger charge is -2.10. The maximum atomic E-state index is 6.47. The summed E-state index contributed by atoms with van der Waals surface area (Å²) < 4.78 is 2.05. The molecule has 0 bridgehead atoms. The molecule has 2 aromatic carbocycles. The molecule has 5 nitrogen and oxygen atoms in total. The molecule has 0 saturated heterocycles. The number of aryl methyl sites for hydroxylation is 1. The monoisotopic (exact) mass is 359 g/mol. The van der Waals surface area contributed by atoms with E-state index >= 15 is 0 Å². The SMILES string of the molecule is Cc1ccc2nc(-c3ccccc3Cl)n(-c3ccc4[nH]ncc4c3)c2n1. The number of aromatic nitrogens is 5. The molecule has 26 heavy (non-hydrogen) atoms. The highest BCUT2D eigenvalue weighted by Crippen LogP contribution is 2.32. The third-order valence-electron chi connectivity index (χ3n) is 4.44. The van der Waals surface area contributed by atoms with Gasteiger partial charge in [0.15, 0.2) is 5.65 Å². The highest BCUT2D eigenvalue weighted by molar-refractivity contribution is 6.33. The number of rotatable bonds is 2. The normalized spacial score (nSPS) is 11.5. The highest BCUT2D eigenvalue weighted by Gasteiger charge is 2.17. The second-order valence-electron chi connectivity index (χ2n) is 6.19. The number of fused-ring (bicyclic) bond motifs is 2. The smallest absolute Gasteiger partial charge is 0.165 e. The van der Waals surface area contributed by atoms with Crippen LogP contribution in [0.25, 0.3) is 39.1 Å². The molecule has 0 amide bonds. The van der Waals surface area contributed by atoms with Crippen molar-refractivity contribution in [1.82, 2.24) is 24.7 Å². The molecule has 3 heterocycles. The number of hydrogen-bond donors (Lipinski definition) is 1. The van der Waals surface area contributed by atoms with Crippen molar-refractivity contribution in [3.63, 3.8) is 0 Å². The average molecular weight is 360 g/mol. The van der Waals surface area contributed by atoms with Gasteiger partial charge in [0.05, 0.1) is 16.7 Å². The third kappa shape index (κ3) is 2.29. The minimum Gasteiger partial charge on any atom is -0.278 e. The van der Waals surface area contributed by atoms with E-state index in [1.54, 1.807) is 0 Å². The lowest BCUT2D eigenvalue weighted by atomic mass is 10.2. The molecule has 0 aliphatic heterocycles. The van der Waals surface area contributed by atoms with Gasteiger partial charge in [0.25, 0.3) is 0 Å². The first-order valence-corrected chi connectivity index (χ1v) is 8.63. The molecule has 0 aliphatic rings. The Morgan fingerprint density at radius 2 is 1.88 bits per heavy atom. The van der Waals surface area contributed by atoms with Gasteiger partial charge in [-0.15, -0.1) is 0 Å². The van der Waals surface area contributed by atoms with Crippen molar-refractivity contribution in [2.24, 2.45) is 0 Å². The summed E-state index contributed by atoms with van der Waals surface area (Å²) in [4.78, 5) is 9.55. The van der Waals surface area contributed by atoms with Crippen molar-refractivity contribution in [2.45, 2.75) is 6.92 Å². The summed E-state index contributed by atoms with van der Waals surface area (Å²) >= 11 is 6.47. The third-order valence-corrected chi connectivity index (χ3v) is 4.77. The van der Waals surface area contributed by atoms with Crippen LogP contribution >= 0.6 is 11.6 Å². The number of aromatic amines is 1. The predicted octanol–water partition coefficient (Wildman–Crippen LogP) is 4.93. The molecule has 0 aliphatic carbocycles. The minimum absolute atomic E-state index is 0.658. The summed E-state index contributed by atoms with van der Waals surface area (Å²) in [5, 5.41) is 8.78. The fraction of sp³-hybridized carbons (Fsp3) is 0.0500. The van der Waals surface area contributed by atoms with E-state index in [0.29, 0.717) is 5.02 Å². The van der Waals surface area contributed by atoms with Crippen molar-refractivity contribution in [2.75, 3.05) is 0 Å². The zero-order chi connectivity index (χ0) is 17.7. The van der Waals surface area contributed by atoms with Gasteiger partial charge in [-0.25, -0.2) is 9.97 Å². The van der Waals surface area contributed by atoms with Crippen LogP contribution in [0.5, 0.6) is 0 Å². The van der Waals surface area contributed by atoms with Crippen molar-refractivity contribution >= 4 is 33.7 Å². The number of nitrogens with zero attached hydrogens (tertiary/aromatic N) is 4. The van der Waals surface area contributed by atoms with E-state index in [4.69, 9.17) is 21.6 Å². The van der Waals surface area contributed by atoms with Gasteiger partial charge in [-0.3, -0.25) is 9.67 Å². The summed E-state index contributed by atoms with van der Waals surface area (Å²) in [5.74, 6) is 0.770. The van der Waals surface area contributed by atoms with Crippen LogP contribution in [-0.4, -0.2) is 24.7 Å². The van der Waals surface area contributed by atoms with Gasteiger partial charge < -0.3 is 0 Å². The standard InChI is InChI=1S/C20H14ClN5/c1-12-6-8-18-20(23-12)26(14-7-9-17-13(10-14)11-22-25-17)19(24-18)15-4-2-3-5-16(15)21/h2-11H,1H3,(H,22,25). The molecule has 0 spiro atoms. The Morgan fingerprint density at radius 1 is 1.00 bits per heavy atom. The summed E-state index contributed by atoms with van der Waals surface area (Å²) in [5.41, 5.74) is 5.41. The topological polar surface area (TPSA) is 59.4 Å². The second kappa shape index (κ2) is 5.68. The lowest BCUT2D eigenvalue weighted by Crippen LogP contribution is -1.99. The highest BCUT2D eigenvalue weighted by atomic mass is 35.5. The van der Waals surface area contributed by atoms with Gasteiger partial charge in [-0.2, -0.15) is 5.10 Å². The molecule has 0 atom stereocenters. The average Bonchev–Trinajstić information content (AvgIpc) is 3.25. The number of imidazole rings is 1. The van der Waals surface area contributed by atoms with E-state index in [9.17, 15) is 0 Å². The van der Waals surface area contributed by atoms with Crippen LogP contribution in [0.4, 0.5) is 0 Å². The van der Waals surface area contributed by atoms with Gasteiger partial charge >= 0.3 is 0 Å². The van der Waals surface area contributed by atoms with Crippen molar-refractivity contribution in [1.29, 1.82) is 0 Å². The minimum atomic E-state index is 0.658. The van der Waals surface area contributed by atoms with E-state index in [-0.39, 0.29) is 0 Å². The molecular formula is C20H14ClN5. The summed E-state index contributed by atoms with van der Waals surface area (Å²) in [6.45, 7) is 1.98. The number of pyridine rings is 1. The van der Waals surface area contributed by atoms with E-state index < -0.39 is 0 Å². The Kier molecular flexibility index (Phi) is 3.30. The molecule has 1 N–H and O–H groups in total. The summed E-state index contributed by atoms with van der Waals surface area (Å²) in [6.07, 6.45) is 1.81. The van der Waals surface area contributed by atoms with E-state index in [1.165, 1.54) is 0 Å². The van der Waals surface area contributed by atoms with Crippen molar-refractivity contribution < 1.29 is 0 Å². The maximum absolute atomic E-state index is 6.47. The Bertz CT molecular complexity index is 1270. The van der Waals surface area contributed by atoms with Gasteiger partial charge in [0, 0.05) is 22.3 Å². The van der Waals surface area contributed by atoms with E-state index in [1.807, 2.05) is 61.7 Å². The van der Waals surface area contributed by atoms with Crippen LogP contribution in [0.3, 0.4) is 0 Å². The Morgan fingerprint density at radius 3 is 2.77 bits per heavy atom. The van der Waals surface area contributed by atoms with Gasteiger partial charge in [0.1, 0.15) is 11.3 Å². The fourth-order valence-corrected chi connectivity index (χ4v) is 3.41. The Labute approximate surface area is 154 Å². The van der Waals surface area contributed by atoms with Crippen LogP contribution in [0.2, 0.25) is 5.02 Å². The Hall–Kier alpha value is -3.18. The second-order valence-corrected chi connectivity index (χ2v) is 6.59. The van der Waals surface area contributed by atoms with Gasteiger partial charge in [-0.05, 0) is 49.4 Å². The van der Waals surface area contributed by atoms with E-state index in [2.05, 4.69) is 20.8 Å². The molecule has 0 radical (unpaired) electrons. The van der Waals surface area contributed by atoms with Crippen molar-refractivity contribution in [3.8, 4) is 17.1 Å². The molecule has 0 saturated carbocycles. The van der Waals surface area contributed by atoms with Gasteiger partial charge in [-0.1, -0.05) is 23.7 Å². The molecule has 5 aromatic rings. The lowest BCUT2D eigenvalue weighted by molar-refractivity contribution is 1.07. The van der Waals surface area contributed by atoms with E-state index in [0.717, 1.165) is 44.8 Å². The van der Waals surface area contributed by atoms with Crippen LogP contribution < -0.4 is 0 Å². The zero-order valence-corrected chi connectivity index (χ0v) is 14.7. The van der Waals surface area contributed by atoms with Crippen molar-refractivity contribution in [3.05, 3.63) is 71.5 Å². The number of halogens is 1. The first kappa shape index (κ1) is 15.1. The molecule has 6 heteroatoms. The quantitative estimate of drug-likeness (QED) is 0.486. The van der Waals surface area contributed by atoms with Gasteiger partial charge in [0.2, 0.25) is 0 Å². The number of hydrogen-bond acceptors (Lipinski definition) is 3. The largest absolute Gasteiger partial charge is 0.278 e. The molecule has 0 fully saturated rings. The summed E-state index contributed by atoms with van der Waals surface area (Å²) in [6, 6.07) is 17.8. The molecule has 0 unspecified atom stereocenters. The molecule has 5 rings (SSSR count). The first-order chi connectivity index (χ1) is 12.7. The molecule has 126 valence electrons. The van der Waals surface area contributed by atoms with Crippen LogP contribution in [0.15, 0.2) is 60.8 Å². The maximum Gasteiger partial charge on any atom is 0.165 e. The van der Waals surface area contributed by atoms with Crippen LogP contribution in [0.1, 0.15) is 5.69 Å². The number of H-pyrrole nitrogens is 1. The summed E-state index contributed by atoms with van der Waals surface area (Å²) in [7, 11) is 0. The first-order valence-electron chi connectivity index (χ1n) is 8.25. The molecule has 3 aromatic heterocycles.